The molecule has 1 saturated heterocycles. The highest BCUT2D eigenvalue weighted by atomic mass is 16.5. The van der Waals surface area contributed by atoms with Crippen LogP contribution in [0.1, 0.15) is 40.7 Å². The number of hydrogen-bond acceptors (Lipinski definition) is 4. The Balaban J connectivity index is 1.57. The molecule has 1 fully saturated rings. The predicted octanol–water partition coefficient (Wildman–Crippen LogP) is 2.40. The number of hydroxylamine groups is 2. The average Bonchev–Trinajstić information content (AvgIpc) is 3.07. The molecule has 0 radical (unpaired) electrons. The molecule has 130 valence electrons. The Kier molecular flexibility index (Phi) is 4.06. The Morgan fingerprint density at radius 3 is 2.88 bits per heavy atom. The summed E-state index contributed by atoms with van der Waals surface area (Å²) in [6.45, 7) is 2.10. The molecule has 1 aliphatic heterocycles. The lowest BCUT2D eigenvalue weighted by molar-refractivity contribution is -0.115. The van der Waals surface area contributed by atoms with Gasteiger partial charge in [0.05, 0.1) is 12.1 Å². The Bertz CT molecular complexity index is 788. The van der Waals surface area contributed by atoms with Gasteiger partial charge in [-0.25, -0.2) is 0 Å². The van der Waals surface area contributed by atoms with Crippen molar-refractivity contribution < 1.29 is 14.8 Å². The lowest BCUT2D eigenvalue weighted by Crippen LogP contribution is -2.32. The number of aryl methyl sites for hydroxylation is 1. The first kappa shape index (κ1) is 16.2. The molecule has 0 unspecified atom stereocenters. The van der Waals surface area contributed by atoms with Crippen molar-refractivity contribution in [1.82, 2.24) is 10.4 Å². The van der Waals surface area contributed by atoms with Crippen molar-refractivity contribution in [3.63, 3.8) is 0 Å². The minimum absolute atomic E-state index is 0.0401. The van der Waals surface area contributed by atoms with Crippen LogP contribution in [0.5, 0.6) is 0 Å². The van der Waals surface area contributed by atoms with E-state index < -0.39 is 5.91 Å². The number of carbonyl (C=O) groups is 2. The molecule has 5 nitrogen and oxygen atoms in total. The van der Waals surface area contributed by atoms with Crippen LogP contribution in [-0.2, 0) is 17.6 Å². The van der Waals surface area contributed by atoms with Crippen LogP contribution >= 0.6 is 0 Å². The number of nitrogens with one attached hydrogen (secondary N) is 1. The zero-order chi connectivity index (χ0) is 17.4. The molecule has 2 N–H and O–H groups in total. The van der Waals surface area contributed by atoms with Gasteiger partial charge in [-0.2, -0.15) is 5.06 Å². The number of benzene rings is 1. The minimum atomic E-state index is -0.485. The monoisotopic (exact) mass is 338 g/mol. The molecule has 1 atom stereocenters. The number of allylic oxidation sites excluding steroid dienone is 4. The first-order chi connectivity index (χ1) is 12.1. The van der Waals surface area contributed by atoms with Gasteiger partial charge >= 0.3 is 0 Å². The summed E-state index contributed by atoms with van der Waals surface area (Å²) in [7, 11) is 0. The predicted molar refractivity (Wildman–Crippen MR) is 93.2 cm³/mol. The third kappa shape index (κ3) is 3.05. The van der Waals surface area contributed by atoms with Gasteiger partial charge < -0.3 is 5.32 Å². The fraction of sp³-hybridized carbons (Fsp3) is 0.400. The number of amides is 1. The molecule has 1 heterocycles. The molecule has 5 heteroatoms. The summed E-state index contributed by atoms with van der Waals surface area (Å²) in [5.74, 6) is -0.605. The van der Waals surface area contributed by atoms with Crippen molar-refractivity contribution in [1.29, 1.82) is 0 Å². The fourth-order valence-corrected chi connectivity index (χ4v) is 4.18. The van der Waals surface area contributed by atoms with Crippen molar-refractivity contribution in [2.45, 2.75) is 32.1 Å². The van der Waals surface area contributed by atoms with Crippen LogP contribution in [0.25, 0.3) is 0 Å². The molecule has 1 aromatic rings. The number of hydrogen-bond donors (Lipinski definition) is 2. The summed E-state index contributed by atoms with van der Waals surface area (Å²) in [6.07, 6.45) is 9.02. The maximum atomic E-state index is 12.6. The molecule has 3 aliphatic rings. The third-order valence-electron chi connectivity index (χ3n) is 5.67. The van der Waals surface area contributed by atoms with Crippen molar-refractivity contribution in [2.75, 3.05) is 13.1 Å². The molecule has 0 saturated carbocycles. The molecule has 0 aromatic heterocycles. The minimum Gasteiger partial charge on any atom is -0.316 e. The summed E-state index contributed by atoms with van der Waals surface area (Å²) in [4.78, 5) is 24.1. The number of ketones is 1. The highest BCUT2D eigenvalue weighted by Crippen LogP contribution is 2.40. The average molecular weight is 338 g/mol. The maximum Gasteiger partial charge on any atom is 0.281 e. The number of nitrogens with zero attached hydrogens (tertiary/aromatic N) is 1. The second kappa shape index (κ2) is 6.24. The second-order valence-corrected chi connectivity index (χ2v) is 7.36. The van der Waals surface area contributed by atoms with Crippen LogP contribution in [0.2, 0.25) is 0 Å². The van der Waals surface area contributed by atoms with Gasteiger partial charge in [0, 0.05) is 12.1 Å². The van der Waals surface area contributed by atoms with Gasteiger partial charge in [-0.15, -0.1) is 0 Å². The Morgan fingerprint density at radius 2 is 2.12 bits per heavy atom. The second-order valence-electron chi connectivity index (χ2n) is 7.36. The Morgan fingerprint density at radius 1 is 1.24 bits per heavy atom. The summed E-state index contributed by atoms with van der Waals surface area (Å²) in [6, 6.07) is 5.70. The van der Waals surface area contributed by atoms with Crippen LogP contribution in [0.15, 0.2) is 42.1 Å². The lowest BCUT2D eigenvalue weighted by atomic mass is 9.71. The van der Waals surface area contributed by atoms with E-state index in [4.69, 9.17) is 0 Å². The first-order valence-corrected chi connectivity index (χ1v) is 8.82. The maximum absolute atomic E-state index is 12.6. The molecular weight excluding hydrogens is 316 g/mol. The van der Waals surface area contributed by atoms with Gasteiger partial charge in [0.2, 0.25) is 0 Å². The summed E-state index contributed by atoms with van der Waals surface area (Å²) in [5, 5.41) is 14.3. The van der Waals surface area contributed by atoms with Gasteiger partial charge in [-0.3, -0.25) is 14.8 Å². The summed E-state index contributed by atoms with van der Waals surface area (Å²) in [5.41, 5.74) is 3.60. The van der Waals surface area contributed by atoms with E-state index in [1.54, 1.807) is 18.2 Å². The zero-order valence-electron chi connectivity index (χ0n) is 14.1. The molecule has 1 aromatic carbocycles. The highest BCUT2D eigenvalue weighted by molar-refractivity contribution is 5.97. The smallest absolute Gasteiger partial charge is 0.281 e. The van der Waals surface area contributed by atoms with Gasteiger partial charge in [0.15, 0.2) is 5.78 Å². The largest absolute Gasteiger partial charge is 0.316 e. The quantitative estimate of drug-likeness (QED) is 0.642. The fourth-order valence-electron chi connectivity index (χ4n) is 4.18. The molecule has 4 rings (SSSR count). The zero-order valence-corrected chi connectivity index (χ0v) is 14.1. The first-order valence-electron chi connectivity index (χ1n) is 8.82. The normalized spacial score (nSPS) is 25.0. The van der Waals surface area contributed by atoms with E-state index in [9.17, 15) is 14.8 Å². The Hall–Kier alpha value is -2.24. The van der Waals surface area contributed by atoms with Crippen LogP contribution in [-0.4, -0.2) is 35.1 Å². The van der Waals surface area contributed by atoms with E-state index in [-0.39, 0.29) is 12.2 Å². The van der Waals surface area contributed by atoms with Crippen molar-refractivity contribution in [2.24, 2.45) is 5.41 Å². The van der Waals surface area contributed by atoms with Gasteiger partial charge in [-0.05, 0) is 73.1 Å². The van der Waals surface area contributed by atoms with E-state index in [0.717, 1.165) is 25.9 Å². The third-order valence-corrected chi connectivity index (χ3v) is 5.67. The molecule has 1 spiro atoms. The van der Waals surface area contributed by atoms with Gasteiger partial charge in [0.1, 0.15) is 0 Å². The molecule has 0 bridgehead atoms. The van der Waals surface area contributed by atoms with Crippen LogP contribution in [0.3, 0.4) is 0 Å². The summed E-state index contributed by atoms with van der Waals surface area (Å²) < 4.78 is 0. The van der Waals surface area contributed by atoms with Crippen LogP contribution in [0, 0.1) is 5.41 Å². The summed E-state index contributed by atoms with van der Waals surface area (Å²) >= 11 is 0. The van der Waals surface area contributed by atoms with Crippen molar-refractivity contribution in [3.05, 3.63) is 58.8 Å². The molecule has 1 amide bonds. The van der Waals surface area contributed by atoms with Crippen LogP contribution in [0.4, 0.5) is 0 Å². The number of rotatable bonds is 2. The van der Waals surface area contributed by atoms with E-state index in [1.807, 2.05) is 12.1 Å². The van der Waals surface area contributed by atoms with E-state index in [1.165, 1.54) is 30.0 Å². The van der Waals surface area contributed by atoms with E-state index in [2.05, 4.69) is 5.32 Å². The highest BCUT2D eigenvalue weighted by Gasteiger charge is 2.37. The van der Waals surface area contributed by atoms with Gasteiger partial charge in [-0.1, -0.05) is 12.1 Å². The standard InChI is InChI=1S/C20H22N2O3/c23-18-3-1-2-17(11-18)22(25)19(24)15-5-4-14-6-7-20(8-9-21-13-20)12-16(14)10-15/h1-5,10,21,25H,6-9,11-13H2/t20-/m1/s1. The van der Waals surface area contributed by atoms with E-state index in [0.29, 0.717) is 21.7 Å². The van der Waals surface area contributed by atoms with Crippen molar-refractivity contribution in [3.8, 4) is 0 Å². The van der Waals surface area contributed by atoms with Crippen LogP contribution < -0.4 is 5.32 Å². The SMILES string of the molecule is O=C1C=CC=C(N(O)C(=O)c2ccc3c(c2)C[C@]2(CCNC2)CC3)C1. The lowest BCUT2D eigenvalue weighted by Gasteiger charge is -2.34. The number of carbonyl (C=O) groups excluding carboxylic acids is 2. The van der Waals surface area contributed by atoms with E-state index >= 15 is 0 Å². The van der Waals surface area contributed by atoms with Gasteiger partial charge in [0.25, 0.3) is 5.91 Å². The number of fused-ring (bicyclic) bond motifs is 1. The topological polar surface area (TPSA) is 69.6 Å². The molecular formula is C20H22N2O3. The molecule has 2 aliphatic carbocycles. The molecule has 25 heavy (non-hydrogen) atoms. The Labute approximate surface area is 147 Å². The van der Waals surface area contributed by atoms with Crippen molar-refractivity contribution >= 4 is 11.7 Å².